The predicted octanol–water partition coefficient (Wildman–Crippen LogP) is 2.42. The van der Waals surface area contributed by atoms with Gasteiger partial charge < -0.3 is 10.1 Å². The highest BCUT2D eigenvalue weighted by atomic mass is 16.5. The average molecular weight is 398 g/mol. The van der Waals surface area contributed by atoms with E-state index in [0.29, 0.717) is 18.5 Å². The molecule has 2 aliphatic rings. The highest BCUT2D eigenvalue weighted by Gasteiger charge is 2.47. The van der Waals surface area contributed by atoms with Crippen LogP contribution in [0.4, 0.5) is 5.69 Å². The largest absolute Gasteiger partial charge is 0.454 e. The van der Waals surface area contributed by atoms with Crippen LogP contribution in [0.3, 0.4) is 0 Å². The van der Waals surface area contributed by atoms with Gasteiger partial charge in [-0.2, -0.15) is 0 Å². The minimum atomic E-state index is -0.781. The molecule has 0 saturated carbocycles. The Bertz CT molecular complexity index is 825. The van der Waals surface area contributed by atoms with Crippen molar-refractivity contribution in [1.29, 1.82) is 0 Å². The van der Waals surface area contributed by atoms with Crippen LogP contribution in [-0.4, -0.2) is 41.7 Å². The molecule has 29 heavy (non-hydrogen) atoms. The lowest BCUT2D eigenvalue weighted by Gasteiger charge is -2.19. The van der Waals surface area contributed by atoms with Gasteiger partial charge >= 0.3 is 5.97 Å². The third-order valence-corrected chi connectivity index (χ3v) is 5.29. The molecule has 0 radical (unpaired) electrons. The molecule has 0 spiro atoms. The van der Waals surface area contributed by atoms with Gasteiger partial charge in [0.15, 0.2) is 6.61 Å². The van der Waals surface area contributed by atoms with Crippen LogP contribution in [-0.2, 0) is 29.3 Å². The summed E-state index contributed by atoms with van der Waals surface area (Å²) in [6, 6.07) is 7.44. The fourth-order valence-corrected chi connectivity index (χ4v) is 3.60. The summed E-state index contributed by atoms with van der Waals surface area (Å²) < 4.78 is 4.95. The van der Waals surface area contributed by atoms with Crippen molar-refractivity contribution in [1.82, 2.24) is 4.90 Å². The Morgan fingerprint density at radius 1 is 1.03 bits per heavy atom. The molecular weight excluding hydrogens is 372 g/mol. The number of hydrogen-bond donors (Lipinski definition) is 1. The molecule has 1 aromatic rings. The van der Waals surface area contributed by atoms with Crippen molar-refractivity contribution in [3.63, 3.8) is 0 Å². The van der Waals surface area contributed by atoms with Crippen molar-refractivity contribution < 1.29 is 23.9 Å². The van der Waals surface area contributed by atoms with Crippen molar-refractivity contribution in [2.45, 2.75) is 39.0 Å². The summed E-state index contributed by atoms with van der Waals surface area (Å²) in [5.41, 5.74) is 1.74. The molecule has 1 fully saturated rings. The minimum Gasteiger partial charge on any atom is -0.454 e. The summed E-state index contributed by atoms with van der Waals surface area (Å²) in [5, 5.41) is 2.66. The summed E-state index contributed by atoms with van der Waals surface area (Å²) in [7, 11) is 0. The second kappa shape index (κ2) is 8.19. The van der Waals surface area contributed by atoms with Gasteiger partial charge in [-0.3, -0.25) is 24.1 Å². The monoisotopic (exact) mass is 398 g/mol. The Labute approximate surface area is 170 Å². The van der Waals surface area contributed by atoms with Crippen LogP contribution >= 0.6 is 0 Å². The van der Waals surface area contributed by atoms with E-state index in [4.69, 9.17) is 4.74 Å². The Morgan fingerprint density at radius 2 is 1.59 bits per heavy atom. The van der Waals surface area contributed by atoms with E-state index in [1.54, 1.807) is 12.1 Å². The first-order chi connectivity index (χ1) is 13.7. The number of allylic oxidation sites excluding steroid dienone is 2. The van der Waals surface area contributed by atoms with E-state index in [1.165, 1.54) is 0 Å². The van der Waals surface area contributed by atoms with Gasteiger partial charge in [-0.15, -0.1) is 0 Å². The normalized spacial score (nSPS) is 21.1. The number of esters is 1. The lowest BCUT2D eigenvalue weighted by molar-refractivity contribution is -0.154. The van der Waals surface area contributed by atoms with E-state index < -0.39 is 25.0 Å². The van der Waals surface area contributed by atoms with Gasteiger partial charge in [-0.05, 0) is 36.0 Å². The molecule has 7 heteroatoms. The Morgan fingerprint density at radius 3 is 2.10 bits per heavy atom. The number of carbonyl (C=O) groups excluding carboxylic acids is 4. The second-order valence-corrected chi connectivity index (χ2v) is 8.45. The van der Waals surface area contributed by atoms with Gasteiger partial charge in [-0.1, -0.05) is 45.1 Å². The first-order valence-electron chi connectivity index (χ1n) is 9.73. The van der Waals surface area contributed by atoms with E-state index in [2.05, 4.69) is 26.1 Å². The Balaban J connectivity index is 1.47. The molecule has 1 N–H and O–H groups in total. The first-order valence-corrected chi connectivity index (χ1v) is 9.73. The van der Waals surface area contributed by atoms with E-state index >= 15 is 0 Å². The van der Waals surface area contributed by atoms with Gasteiger partial charge in [0.2, 0.25) is 11.8 Å². The Kier molecular flexibility index (Phi) is 5.86. The summed E-state index contributed by atoms with van der Waals surface area (Å²) >= 11 is 0. The second-order valence-electron chi connectivity index (χ2n) is 8.45. The average Bonchev–Trinajstić information content (AvgIpc) is 2.91. The van der Waals surface area contributed by atoms with Gasteiger partial charge in [-0.25, -0.2) is 0 Å². The molecule has 0 bridgehead atoms. The molecule has 154 valence electrons. The number of rotatable bonds is 5. The number of amides is 3. The standard InChI is InChI=1S/C22H26N2O5/c1-22(2,3)14-8-10-15(11-9-14)23-18(25)13-29-19(26)12-24-20(27)16-6-4-5-7-17(16)21(24)28/h4-5,8-11,16-17H,6-7,12-13H2,1-3H3,(H,23,25)/t16-,17+. The topological polar surface area (TPSA) is 92.8 Å². The fraction of sp³-hybridized carbons (Fsp3) is 0.455. The molecule has 0 unspecified atom stereocenters. The Hall–Kier alpha value is -2.96. The number of imide groups is 1. The molecule has 1 aliphatic carbocycles. The van der Waals surface area contributed by atoms with Crippen LogP contribution in [0.25, 0.3) is 0 Å². The number of nitrogens with zero attached hydrogens (tertiary/aromatic N) is 1. The number of anilines is 1. The number of benzene rings is 1. The summed E-state index contributed by atoms with van der Waals surface area (Å²) in [6.45, 7) is 5.35. The van der Waals surface area contributed by atoms with Crippen LogP contribution in [0.2, 0.25) is 0 Å². The van der Waals surface area contributed by atoms with Gasteiger partial charge in [0, 0.05) is 5.69 Å². The van der Waals surface area contributed by atoms with Crippen LogP contribution in [0.15, 0.2) is 36.4 Å². The lowest BCUT2D eigenvalue weighted by atomic mass is 9.85. The molecule has 3 amide bonds. The zero-order valence-electron chi connectivity index (χ0n) is 16.9. The molecule has 7 nitrogen and oxygen atoms in total. The van der Waals surface area contributed by atoms with Crippen LogP contribution in [0.1, 0.15) is 39.2 Å². The smallest absolute Gasteiger partial charge is 0.326 e. The van der Waals surface area contributed by atoms with E-state index in [1.807, 2.05) is 24.3 Å². The zero-order chi connectivity index (χ0) is 21.2. The van der Waals surface area contributed by atoms with Crippen molar-refractivity contribution in [2.75, 3.05) is 18.5 Å². The van der Waals surface area contributed by atoms with Crippen molar-refractivity contribution in [2.24, 2.45) is 11.8 Å². The molecule has 3 rings (SSSR count). The number of nitrogens with one attached hydrogen (secondary N) is 1. The van der Waals surface area contributed by atoms with E-state index in [0.717, 1.165) is 10.5 Å². The predicted molar refractivity (Wildman–Crippen MR) is 107 cm³/mol. The molecule has 2 atom stereocenters. The van der Waals surface area contributed by atoms with Crippen LogP contribution in [0, 0.1) is 11.8 Å². The van der Waals surface area contributed by atoms with Crippen molar-refractivity contribution >= 4 is 29.4 Å². The van der Waals surface area contributed by atoms with Crippen molar-refractivity contribution in [3.8, 4) is 0 Å². The minimum absolute atomic E-state index is 0.01000. The maximum Gasteiger partial charge on any atom is 0.326 e. The van der Waals surface area contributed by atoms with Crippen LogP contribution in [0.5, 0.6) is 0 Å². The zero-order valence-corrected chi connectivity index (χ0v) is 16.9. The van der Waals surface area contributed by atoms with Gasteiger partial charge in [0.1, 0.15) is 6.54 Å². The quantitative estimate of drug-likeness (QED) is 0.467. The molecule has 1 aromatic carbocycles. The van der Waals surface area contributed by atoms with E-state index in [9.17, 15) is 19.2 Å². The number of carbonyl (C=O) groups is 4. The van der Waals surface area contributed by atoms with Gasteiger partial charge in [0.05, 0.1) is 11.8 Å². The first kappa shape index (κ1) is 20.8. The SMILES string of the molecule is CC(C)(C)c1ccc(NC(=O)COC(=O)CN2C(=O)[C@H]3CC=CC[C@H]3C2=O)cc1. The van der Waals surface area contributed by atoms with E-state index in [-0.39, 0.29) is 29.1 Å². The summed E-state index contributed by atoms with van der Waals surface area (Å²) in [5.74, 6) is -2.73. The maximum atomic E-state index is 12.3. The third-order valence-electron chi connectivity index (χ3n) is 5.29. The van der Waals surface area contributed by atoms with Crippen LogP contribution < -0.4 is 5.32 Å². The summed E-state index contributed by atoms with van der Waals surface area (Å²) in [4.78, 5) is 49.7. The molecule has 0 aromatic heterocycles. The maximum absolute atomic E-state index is 12.3. The summed E-state index contributed by atoms with van der Waals surface area (Å²) in [6.07, 6.45) is 4.79. The highest BCUT2D eigenvalue weighted by molar-refractivity contribution is 6.07. The molecule has 1 heterocycles. The van der Waals surface area contributed by atoms with Gasteiger partial charge in [0.25, 0.3) is 5.91 Å². The molecule has 1 aliphatic heterocycles. The third kappa shape index (κ3) is 4.72. The fourth-order valence-electron chi connectivity index (χ4n) is 3.60. The number of fused-ring (bicyclic) bond motifs is 1. The molecular formula is C22H26N2O5. The number of likely N-dealkylation sites (tertiary alicyclic amines) is 1. The molecule has 1 saturated heterocycles. The van der Waals surface area contributed by atoms with Crippen molar-refractivity contribution in [3.05, 3.63) is 42.0 Å². The lowest BCUT2D eigenvalue weighted by Crippen LogP contribution is -2.37. The number of ether oxygens (including phenoxy) is 1. The number of hydrogen-bond acceptors (Lipinski definition) is 5. The highest BCUT2D eigenvalue weighted by Crippen LogP contribution is 2.34.